The Balaban J connectivity index is 2.11. The van der Waals surface area contributed by atoms with Gasteiger partial charge in [-0.2, -0.15) is 5.10 Å². The first kappa shape index (κ1) is 16.1. The van der Waals surface area contributed by atoms with E-state index in [4.69, 9.17) is 0 Å². The van der Waals surface area contributed by atoms with Gasteiger partial charge in [0.15, 0.2) is 0 Å². The van der Waals surface area contributed by atoms with Crippen LogP contribution in [0.1, 0.15) is 44.1 Å². The highest BCUT2D eigenvalue weighted by atomic mass is 16.1. The zero-order valence-electron chi connectivity index (χ0n) is 13.7. The van der Waals surface area contributed by atoms with E-state index in [1.54, 1.807) is 10.9 Å². The molecule has 0 unspecified atom stereocenters. The maximum Gasteiger partial charge on any atom is 0.256 e. The van der Waals surface area contributed by atoms with Crippen molar-refractivity contribution in [2.45, 2.75) is 33.7 Å². The van der Waals surface area contributed by atoms with Crippen molar-refractivity contribution >= 4 is 17.4 Å². The monoisotopic (exact) mass is 300 g/mol. The van der Waals surface area contributed by atoms with Crippen LogP contribution in [-0.4, -0.2) is 28.8 Å². The molecule has 2 rings (SSSR count). The lowest BCUT2D eigenvalue weighted by atomic mass is 10.2. The minimum atomic E-state index is -0.117. The molecule has 0 atom stereocenters. The third-order valence-corrected chi connectivity index (χ3v) is 3.66. The third-order valence-electron chi connectivity index (χ3n) is 3.66. The van der Waals surface area contributed by atoms with Crippen LogP contribution in [0, 0.1) is 0 Å². The Bertz CT molecular complexity index is 612. The van der Waals surface area contributed by atoms with Crippen molar-refractivity contribution in [2.75, 3.05) is 23.3 Å². The Labute approximate surface area is 131 Å². The van der Waals surface area contributed by atoms with Gasteiger partial charge in [0, 0.05) is 36.4 Å². The second kappa shape index (κ2) is 7.11. The van der Waals surface area contributed by atoms with E-state index < -0.39 is 0 Å². The number of nitrogens with zero attached hydrogens (tertiary/aromatic N) is 3. The Morgan fingerprint density at radius 1 is 1.18 bits per heavy atom. The number of anilines is 2. The van der Waals surface area contributed by atoms with E-state index in [1.165, 1.54) is 0 Å². The van der Waals surface area contributed by atoms with Gasteiger partial charge < -0.3 is 10.2 Å². The van der Waals surface area contributed by atoms with E-state index >= 15 is 0 Å². The van der Waals surface area contributed by atoms with Crippen LogP contribution in [0.4, 0.5) is 11.5 Å². The Hall–Kier alpha value is -2.30. The van der Waals surface area contributed by atoms with Crippen molar-refractivity contribution in [2.24, 2.45) is 0 Å². The van der Waals surface area contributed by atoms with Gasteiger partial charge in [-0.25, -0.2) is 4.68 Å². The number of carbonyl (C=O) groups excluding carboxylic acids is 1. The van der Waals surface area contributed by atoms with E-state index in [2.05, 4.69) is 29.2 Å². The summed E-state index contributed by atoms with van der Waals surface area (Å²) < 4.78 is 1.79. The van der Waals surface area contributed by atoms with E-state index in [0.717, 1.165) is 18.8 Å². The molecule has 1 aromatic carbocycles. The largest absolute Gasteiger partial charge is 0.372 e. The standard InChI is InChI=1S/C17H24N4O/c1-5-20(6-2)15-9-7-14(8-10-15)17(22)19-16-11-12-18-21(16)13(3)4/h7-13H,5-6H2,1-4H3,(H,19,22). The van der Waals surface area contributed by atoms with Crippen molar-refractivity contribution in [1.82, 2.24) is 9.78 Å². The molecule has 1 N–H and O–H groups in total. The van der Waals surface area contributed by atoms with E-state index in [9.17, 15) is 4.79 Å². The summed E-state index contributed by atoms with van der Waals surface area (Å²) in [6.07, 6.45) is 1.69. The van der Waals surface area contributed by atoms with Crippen molar-refractivity contribution < 1.29 is 4.79 Å². The molecule has 0 radical (unpaired) electrons. The number of benzene rings is 1. The zero-order valence-corrected chi connectivity index (χ0v) is 13.7. The van der Waals surface area contributed by atoms with Crippen LogP contribution in [-0.2, 0) is 0 Å². The van der Waals surface area contributed by atoms with Crippen LogP contribution < -0.4 is 10.2 Å². The predicted molar refractivity (Wildman–Crippen MR) is 90.6 cm³/mol. The lowest BCUT2D eigenvalue weighted by Gasteiger charge is -2.21. The molecule has 0 aliphatic carbocycles. The van der Waals surface area contributed by atoms with Crippen LogP contribution in [0.3, 0.4) is 0 Å². The molecule has 2 aromatic rings. The molecule has 1 aromatic heterocycles. The van der Waals surface area contributed by atoms with Gasteiger partial charge in [-0.1, -0.05) is 0 Å². The molecular formula is C17H24N4O. The van der Waals surface area contributed by atoms with Crippen LogP contribution in [0.5, 0.6) is 0 Å². The molecule has 5 nitrogen and oxygen atoms in total. The molecule has 0 aliphatic heterocycles. The summed E-state index contributed by atoms with van der Waals surface area (Å²) in [5, 5.41) is 7.13. The molecule has 118 valence electrons. The van der Waals surface area contributed by atoms with Crippen molar-refractivity contribution in [3.63, 3.8) is 0 Å². The topological polar surface area (TPSA) is 50.2 Å². The van der Waals surface area contributed by atoms with Crippen LogP contribution in [0.25, 0.3) is 0 Å². The molecule has 0 aliphatic rings. The third kappa shape index (κ3) is 3.47. The highest BCUT2D eigenvalue weighted by Gasteiger charge is 2.11. The summed E-state index contributed by atoms with van der Waals surface area (Å²) in [7, 11) is 0. The molecule has 1 amide bonds. The summed E-state index contributed by atoms with van der Waals surface area (Å²) in [6.45, 7) is 10.2. The lowest BCUT2D eigenvalue weighted by Crippen LogP contribution is -2.22. The fourth-order valence-electron chi connectivity index (χ4n) is 2.43. The average molecular weight is 300 g/mol. The van der Waals surface area contributed by atoms with Crippen molar-refractivity contribution in [1.29, 1.82) is 0 Å². The van der Waals surface area contributed by atoms with Gasteiger partial charge in [-0.3, -0.25) is 4.79 Å². The summed E-state index contributed by atoms with van der Waals surface area (Å²) >= 11 is 0. The quantitative estimate of drug-likeness (QED) is 0.887. The number of carbonyl (C=O) groups is 1. The average Bonchev–Trinajstić information content (AvgIpc) is 2.97. The second-order valence-electron chi connectivity index (χ2n) is 5.43. The molecule has 0 bridgehead atoms. The molecule has 0 saturated heterocycles. The van der Waals surface area contributed by atoms with Crippen molar-refractivity contribution in [3.8, 4) is 0 Å². The minimum absolute atomic E-state index is 0.117. The van der Waals surface area contributed by atoms with Gasteiger partial charge >= 0.3 is 0 Å². The first-order valence-corrected chi connectivity index (χ1v) is 7.76. The van der Waals surface area contributed by atoms with Gasteiger partial charge in [-0.05, 0) is 52.0 Å². The normalized spacial score (nSPS) is 10.8. The molecule has 1 heterocycles. The highest BCUT2D eigenvalue weighted by molar-refractivity contribution is 6.04. The summed E-state index contributed by atoms with van der Waals surface area (Å²) in [5.41, 5.74) is 1.78. The molecule has 5 heteroatoms. The van der Waals surface area contributed by atoms with Gasteiger partial charge in [0.25, 0.3) is 5.91 Å². The Morgan fingerprint density at radius 2 is 1.82 bits per heavy atom. The number of nitrogens with one attached hydrogen (secondary N) is 1. The van der Waals surface area contributed by atoms with Gasteiger partial charge in [0.05, 0.1) is 6.20 Å². The smallest absolute Gasteiger partial charge is 0.256 e. The van der Waals surface area contributed by atoms with E-state index in [-0.39, 0.29) is 11.9 Å². The molecular weight excluding hydrogens is 276 g/mol. The summed E-state index contributed by atoms with van der Waals surface area (Å²) in [6, 6.07) is 9.71. The van der Waals surface area contributed by atoms with Crippen LogP contribution >= 0.6 is 0 Å². The summed E-state index contributed by atoms with van der Waals surface area (Å²) in [4.78, 5) is 14.6. The van der Waals surface area contributed by atoms with E-state index in [1.807, 2.05) is 44.2 Å². The first-order valence-electron chi connectivity index (χ1n) is 7.76. The zero-order chi connectivity index (χ0) is 16.1. The van der Waals surface area contributed by atoms with Gasteiger partial charge in [-0.15, -0.1) is 0 Å². The first-order chi connectivity index (χ1) is 10.6. The second-order valence-corrected chi connectivity index (χ2v) is 5.43. The molecule has 0 spiro atoms. The Morgan fingerprint density at radius 3 is 2.36 bits per heavy atom. The van der Waals surface area contributed by atoms with Crippen molar-refractivity contribution in [3.05, 3.63) is 42.1 Å². The number of amides is 1. The van der Waals surface area contributed by atoms with E-state index in [0.29, 0.717) is 11.4 Å². The minimum Gasteiger partial charge on any atom is -0.372 e. The molecule has 22 heavy (non-hydrogen) atoms. The fourth-order valence-corrected chi connectivity index (χ4v) is 2.43. The SMILES string of the molecule is CCN(CC)c1ccc(C(=O)Nc2ccnn2C(C)C)cc1. The van der Waals surface area contributed by atoms with Crippen LogP contribution in [0.15, 0.2) is 36.5 Å². The lowest BCUT2D eigenvalue weighted by molar-refractivity contribution is 0.102. The number of hydrogen-bond donors (Lipinski definition) is 1. The Kier molecular flexibility index (Phi) is 5.20. The number of aromatic nitrogens is 2. The summed E-state index contributed by atoms with van der Waals surface area (Å²) in [5.74, 6) is 0.598. The predicted octanol–water partition coefficient (Wildman–Crippen LogP) is 3.56. The maximum absolute atomic E-state index is 12.3. The number of hydrogen-bond acceptors (Lipinski definition) is 3. The van der Waals surface area contributed by atoms with Crippen LogP contribution in [0.2, 0.25) is 0 Å². The highest BCUT2D eigenvalue weighted by Crippen LogP contribution is 2.17. The van der Waals surface area contributed by atoms with Gasteiger partial charge in [0.1, 0.15) is 5.82 Å². The maximum atomic E-state index is 12.3. The molecule has 0 fully saturated rings. The number of rotatable bonds is 6. The van der Waals surface area contributed by atoms with Gasteiger partial charge in [0.2, 0.25) is 0 Å². The molecule has 0 saturated carbocycles. The fraction of sp³-hybridized carbons (Fsp3) is 0.412.